The Labute approximate surface area is 212 Å². The maximum absolute atomic E-state index is 14.7. The standard InChI is InChI=1S/C27H23FN6O3/c28-23-11-18(3-4-19(23)13-29)26-21(14-30)27(34-9-7-20(31)8-10-34)32-15-22(26)17-2-1-16(24(35)12-17)5-6-25(36)33-37/h1-6,11-12,15,20,35,37H,7-10,31H2,(H,33,36)/b6-5+. The number of piperidine rings is 1. The minimum absolute atomic E-state index is 0.0761. The Hall–Kier alpha value is -4.77. The third kappa shape index (κ3) is 5.26. The second-order valence-electron chi connectivity index (χ2n) is 8.57. The van der Waals surface area contributed by atoms with Gasteiger partial charge in [-0.25, -0.2) is 14.9 Å². The maximum atomic E-state index is 14.7. The fourth-order valence-corrected chi connectivity index (χ4v) is 4.29. The molecule has 186 valence electrons. The highest BCUT2D eigenvalue weighted by Crippen LogP contribution is 2.40. The molecule has 0 spiro atoms. The predicted octanol–water partition coefficient (Wildman–Crippen LogP) is 3.45. The molecule has 1 saturated heterocycles. The Morgan fingerprint density at radius 1 is 1.16 bits per heavy atom. The highest BCUT2D eigenvalue weighted by Gasteiger charge is 2.25. The van der Waals surface area contributed by atoms with Gasteiger partial charge < -0.3 is 15.7 Å². The zero-order valence-electron chi connectivity index (χ0n) is 19.6. The Morgan fingerprint density at radius 2 is 1.89 bits per heavy atom. The van der Waals surface area contributed by atoms with Gasteiger partial charge in [-0.05, 0) is 48.2 Å². The monoisotopic (exact) mass is 498 g/mol. The number of nitriles is 2. The van der Waals surface area contributed by atoms with Crippen molar-refractivity contribution in [2.75, 3.05) is 18.0 Å². The summed E-state index contributed by atoms with van der Waals surface area (Å²) in [6, 6.07) is 12.9. The Balaban J connectivity index is 1.89. The lowest BCUT2D eigenvalue weighted by Crippen LogP contribution is -2.40. The lowest BCUT2D eigenvalue weighted by Gasteiger charge is -2.32. The van der Waals surface area contributed by atoms with Crippen molar-refractivity contribution in [1.29, 1.82) is 10.5 Å². The number of anilines is 1. The van der Waals surface area contributed by atoms with Crippen molar-refractivity contribution in [1.82, 2.24) is 10.5 Å². The normalized spacial score (nSPS) is 13.8. The summed E-state index contributed by atoms with van der Waals surface area (Å²) in [5, 5.41) is 38.6. The molecule has 0 aliphatic carbocycles. The number of halogens is 1. The molecule has 4 rings (SSSR count). The molecule has 0 atom stereocenters. The molecule has 37 heavy (non-hydrogen) atoms. The smallest absolute Gasteiger partial charge is 0.267 e. The number of amides is 1. The van der Waals surface area contributed by atoms with Crippen LogP contribution in [0.3, 0.4) is 0 Å². The third-order valence-corrected chi connectivity index (χ3v) is 6.25. The van der Waals surface area contributed by atoms with Gasteiger partial charge in [-0.3, -0.25) is 10.0 Å². The first-order valence-electron chi connectivity index (χ1n) is 11.5. The van der Waals surface area contributed by atoms with E-state index in [4.69, 9.17) is 16.2 Å². The van der Waals surface area contributed by atoms with Crippen LogP contribution in [0.1, 0.15) is 29.5 Å². The van der Waals surface area contributed by atoms with Crippen molar-refractivity contribution in [3.8, 4) is 40.1 Å². The van der Waals surface area contributed by atoms with E-state index in [9.17, 15) is 19.6 Å². The fourth-order valence-electron chi connectivity index (χ4n) is 4.29. The summed E-state index contributed by atoms with van der Waals surface area (Å²) >= 11 is 0. The van der Waals surface area contributed by atoms with Crippen LogP contribution in [0.25, 0.3) is 28.3 Å². The molecule has 0 unspecified atom stereocenters. The molecule has 0 bridgehead atoms. The fraction of sp³-hybridized carbons (Fsp3) is 0.185. The molecule has 1 aromatic heterocycles. The predicted molar refractivity (Wildman–Crippen MR) is 135 cm³/mol. The molecule has 0 radical (unpaired) electrons. The van der Waals surface area contributed by atoms with Gasteiger partial charge in [-0.15, -0.1) is 0 Å². The summed E-state index contributed by atoms with van der Waals surface area (Å²) in [6.07, 6.45) is 5.43. The van der Waals surface area contributed by atoms with E-state index in [1.54, 1.807) is 30.5 Å². The maximum Gasteiger partial charge on any atom is 0.267 e. The zero-order valence-corrected chi connectivity index (χ0v) is 19.6. The van der Waals surface area contributed by atoms with E-state index in [0.717, 1.165) is 18.9 Å². The van der Waals surface area contributed by atoms with Crippen LogP contribution in [0.5, 0.6) is 5.75 Å². The van der Waals surface area contributed by atoms with Crippen LogP contribution in [-0.2, 0) is 4.79 Å². The number of aromatic nitrogens is 1. The molecule has 1 aliphatic rings. The molecule has 2 aromatic carbocycles. The van der Waals surface area contributed by atoms with Gasteiger partial charge in [-0.2, -0.15) is 10.5 Å². The SMILES string of the molecule is N#Cc1ccc(-c2c(-c3ccc(/C=C/C(=O)NO)c(O)c3)cnc(N3CCC(N)CC3)c2C#N)cc1F. The number of nitrogens with zero attached hydrogens (tertiary/aromatic N) is 4. The van der Waals surface area contributed by atoms with E-state index in [1.165, 1.54) is 29.8 Å². The Morgan fingerprint density at radius 3 is 2.51 bits per heavy atom. The van der Waals surface area contributed by atoms with Gasteiger partial charge >= 0.3 is 0 Å². The average molecular weight is 499 g/mol. The van der Waals surface area contributed by atoms with Gasteiger partial charge in [0.15, 0.2) is 0 Å². The first-order valence-corrected chi connectivity index (χ1v) is 11.5. The number of hydrogen-bond acceptors (Lipinski definition) is 8. The van der Waals surface area contributed by atoms with Crippen molar-refractivity contribution >= 4 is 17.8 Å². The number of hydrogen-bond donors (Lipinski definition) is 4. The molecule has 1 amide bonds. The summed E-state index contributed by atoms with van der Waals surface area (Å²) in [7, 11) is 0. The summed E-state index contributed by atoms with van der Waals surface area (Å²) in [6.45, 7) is 1.24. The van der Waals surface area contributed by atoms with Crippen molar-refractivity contribution in [3.63, 3.8) is 0 Å². The number of carbonyl (C=O) groups excluding carboxylic acids is 1. The van der Waals surface area contributed by atoms with Gasteiger partial charge in [-0.1, -0.05) is 18.2 Å². The molecular formula is C27H23FN6O3. The van der Waals surface area contributed by atoms with E-state index in [0.29, 0.717) is 46.7 Å². The van der Waals surface area contributed by atoms with Crippen LogP contribution in [0, 0.1) is 28.5 Å². The van der Waals surface area contributed by atoms with Crippen molar-refractivity contribution in [2.45, 2.75) is 18.9 Å². The number of hydroxylamine groups is 1. The van der Waals surface area contributed by atoms with Gasteiger partial charge in [0, 0.05) is 48.1 Å². The van der Waals surface area contributed by atoms with Gasteiger partial charge in [0.05, 0.1) is 5.56 Å². The van der Waals surface area contributed by atoms with Crippen molar-refractivity contribution in [3.05, 3.63) is 71.2 Å². The average Bonchev–Trinajstić information content (AvgIpc) is 2.91. The van der Waals surface area contributed by atoms with Gasteiger partial charge in [0.1, 0.15) is 35.1 Å². The van der Waals surface area contributed by atoms with E-state index >= 15 is 0 Å². The first-order chi connectivity index (χ1) is 17.9. The van der Waals surface area contributed by atoms with Crippen molar-refractivity contribution in [2.24, 2.45) is 5.73 Å². The van der Waals surface area contributed by atoms with Crippen LogP contribution >= 0.6 is 0 Å². The topological polar surface area (TPSA) is 159 Å². The van der Waals surface area contributed by atoms with E-state index in [-0.39, 0.29) is 22.9 Å². The summed E-state index contributed by atoms with van der Waals surface area (Å²) in [5.74, 6) is -1.19. The van der Waals surface area contributed by atoms with Crippen LogP contribution < -0.4 is 16.1 Å². The number of carbonyl (C=O) groups is 1. The number of aromatic hydroxyl groups is 1. The number of phenolic OH excluding ortho intramolecular Hbond substituents is 1. The third-order valence-electron chi connectivity index (χ3n) is 6.25. The molecule has 2 heterocycles. The van der Waals surface area contributed by atoms with Gasteiger partial charge in [0.25, 0.3) is 5.91 Å². The largest absolute Gasteiger partial charge is 0.507 e. The second kappa shape index (κ2) is 10.9. The van der Waals surface area contributed by atoms with Crippen LogP contribution in [0.4, 0.5) is 10.2 Å². The van der Waals surface area contributed by atoms with Crippen LogP contribution in [0.15, 0.2) is 48.7 Å². The molecule has 1 aliphatic heterocycles. The molecular weight excluding hydrogens is 475 g/mol. The van der Waals surface area contributed by atoms with E-state index < -0.39 is 11.7 Å². The number of pyridine rings is 1. The lowest BCUT2D eigenvalue weighted by molar-refractivity contribution is -0.124. The van der Waals surface area contributed by atoms with Crippen LogP contribution in [0.2, 0.25) is 0 Å². The second-order valence-corrected chi connectivity index (χ2v) is 8.57. The molecule has 1 fully saturated rings. The Kier molecular flexibility index (Phi) is 7.44. The highest BCUT2D eigenvalue weighted by atomic mass is 19.1. The van der Waals surface area contributed by atoms with Gasteiger partial charge in [0.2, 0.25) is 0 Å². The van der Waals surface area contributed by atoms with E-state index in [1.807, 2.05) is 4.90 Å². The summed E-state index contributed by atoms with van der Waals surface area (Å²) in [5.41, 5.74) is 9.69. The molecule has 9 nitrogen and oxygen atoms in total. The van der Waals surface area contributed by atoms with Crippen LogP contribution in [-0.4, -0.2) is 40.3 Å². The molecule has 0 saturated carbocycles. The minimum Gasteiger partial charge on any atom is -0.507 e. The zero-order chi connectivity index (χ0) is 26.5. The van der Waals surface area contributed by atoms with E-state index in [2.05, 4.69) is 11.1 Å². The van der Waals surface area contributed by atoms with Crippen molar-refractivity contribution < 1.29 is 19.5 Å². The quantitative estimate of drug-likeness (QED) is 0.236. The molecule has 3 aromatic rings. The number of benzene rings is 2. The number of nitrogens with two attached hydrogens (primary N) is 1. The highest BCUT2D eigenvalue weighted by molar-refractivity contribution is 5.93. The molecule has 10 heteroatoms. The number of phenols is 1. The molecule has 5 N–H and O–H groups in total. The number of rotatable bonds is 5. The number of nitrogens with one attached hydrogen (secondary N) is 1. The first kappa shape index (κ1) is 25.3. The summed E-state index contributed by atoms with van der Waals surface area (Å²) < 4.78 is 14.7. The summed E-state index contributed by atoms with van der Waals surface area (Å²) in [4.78, 5) is 17.8. The minimum atomic E-state index is -0.759. The lowest BCUT2D eigenvalue weighted by atomic mass is 9.90. The Bertz CT molecular complexity index is 1470.